The molecule has 1 saturated heterocycles. The standard InChI is InChI=1S/C25H33N3O5S/c1-4-17-12-13-18(23-20-10-6-7-11-21(20)24(29)27(3)26-23)15-22(17)34(31,32)28-14-8-9-19(16-28)25(30)33-5-2/h12-13,15,19H,4-11,14,16H2,1-3H3/t19-/m0/s1. The largest absolute Gasteiger partial charge is 0.466 e. The Kier molecular flexibility index (Phi) is 7.23. The van der Waals surface area contributed by atoms with Gasteiger partial charge in [0.25, 0.3) is 5.56 Å². The van der Waals surface area contributed by atoms with Gasteiger partial charge < -0.3 is 4.74 Å². The van der Waals surface area contributed by atoms with Crippen molar-refractivity contribution >= 4 is 16.0 Å². The van der Waals surface area contributed by atoms with Gasteiger partial charge in [0.2, 0.25) is 10.0 Å². The first-order valence-corrected chi connectivity index (χ1v) is 13.6. The monoisotopic (exact) mass is 487 g/mol. The fraction of sp³-hybridized carbons (Fsp3) is 0.560. The summed E-state index contributed by atoms with van der Waals surface area (Å²) in [6.45, 7) is 4.46. The van der Waals surface area contributed by atoms with E-state index in [4.69, 9.17) is 4.74 Å². The molecule has 0 spiro atoms. The first-order chi connectivity index (χ1) is 16.3. The number of aromatic nitrogens is 2. The van der Waals surface area contributed by atoms with E-state index in [2.05, 4.69) is 5.10 Å². The number of hydrogen-bond donors (Lipinski definition) is 0. The molecule has 2 aromatic rings. The molecule has 1 aliphatic heterocycles. The fourth-order valence-corrected chi connectivity index (χ4v) is 6.92. The van der Waals surface area contributed by atoms with Crippen molar-refractivity contribution in [2.45, 2.75) is 63.7 Å². The number of carbonyl (C=O) groups is 1. The van der Waals surface area contributed by atoms with Crippen molar-refractivity contribution in [3.63, 3.8) is 0 Å². The molecule has 0 unspecified atom stereocenters. The van der Waals surface area contributed by atoms with Crippen LogP contribution in [0.15, 0.2) is 27.9 Å². The highest BCUT2D eigenvalue weighted by Crippen LogP contribution is 2.33. The zero-order valence-corrected chi connectivity index (χ0v) is 21.0. The van der Waals surface area contributed by atoms with Crippen LogP contribution in [0.2, 0.25) is 0 Å². The Morgan fingerprint density at radius 2 is 1.88 bits per heavy atom. The molecule has 34 heavy (non-hydrogen) atoms. The van der Waals surface area contributed by atoms with Gasteiger partial charge in [-0.3, -0.25) is 9.59 Å². The minimum atomic E-state index is -3.83. The van der Waals surface area contributed by atoms with Gasteiger partial charge in [-0.25, -0.2) is 13.1 Å². The number of hydrogen-bond acceptors (Lipinski definition) is 6. The molecule has 1 aliphatic carbocycles. The molecule has 8 nitrogen and oxygen atoms in total. The van der Waals surface area contributed by atoms with Crippen LogP contribution in [0.25, 0.3) is 11.3 Å². The number of piperidine rings is 1. The Labute approximate surface area is 201 Å². The van der Waals surface area contributed by atoms with Gasteiger partial charge in [-0.05, 0) is 69.1 Å². The molecule has 0 amide bonds. The smallest absolute Gasteiger partial charge is 0.310 e. The summed E-state index contributed by atoms with van der Waals surface area (Å²) in [4.78, 5) is 25.2. The number of carbonyl (C=O) groups excluding carboxylic acids is 1. The van der Waals surface area contributed by atoms with Gasteiger partial charge in [0.15, 0.2) is 0 Å². The summed E-state index contributed by atoms with van der Waals surface area (Å²) in [6.07, 6.45) is 5.23. The van der Waals surface area contributed by atoms with Gasteiger partial charge in [0, 0.05) is 31.3 Å². The molecule has 2 heterocycles. The second-order valence-electron chi connectivity index (χ2n) is 9.07. The summed E-state index contributed by atoms with van der Waals surface area (Å²) in [5.74, 6) is -0.790. The van der Waals surface area contributed by atoms with Crippen molar-refractivity contribution in [3.8, 4) is 11.3 Å². The maximum absolute atomic E-state index is 13.8. The molecule has 0 saturated carbocycles. The Balaban J connectivity index is 1.76. The Morgan fingerprint density at radius 3 is 2.59 bits per heavy atom. The lowest BCUT2D eigenvalue weighted by molar-refractivity contribution is -0.149. The number of nitrogens with zero attached hydrogens (tertiary/aromatic N) is 3. The average Bonchev–Trinajstić information content (AvgIpc) is 2.86. The Morgan fingerprint density at radius 1 is 1.15 bits per heavy atom. The van der Waals surface area contributed by atoms with Gasteiger partial charge in [0.05, 0.1) is 23.1 Å². The van der Waals surface area contributed by atoms with Crippen LogP contribution in [0, 0.1) is 5.92 Å². The van der Waals surface area contributed by atoms with Crippen LogP contribution in [-0.2, 0) is 45.9 Å². The van der Waals surface area contributed by atoms with Crippen LogP contribution >= 0.6 is 0 Å². The summed E-state index contributed by atoms with van der Waals surface area (Å²) < 4.78 is 35.5. The van der Waals surface area contributed by atoms with Gasteiger partial charge in [-0.1, -0.05) is 19.1 Å². The minimum absolute atomic E-state index is 0.0743. The van der Waals surface area contributed by atoms with Crippen LogP contribution in [0.5, 0.6) is 0 Å². The van der Waals surface area contributed by atoms with Crippen molar-refractivity contribution in [1.29, 1.82) is 0 Å². The van der Waals surface area contributed by atoms with E-state index >= 15 is 0 Å². The van der Waals surface area contributed by atoms with E-state index in [1.807, 2.05) is 19.1 Å². The highest BCUT2D eigenvalue weighted by molar-refractivity contribution is 7.89. The molecular formula is C25H33N3O5S. The molecule has 1 atom stereocenters. The summed E-state index contributed by atoms with van der Waals surface area (Å²) in [5.41, 5.74) is 3.75. The van der Waals surface area contributed by atoms with E-state index in [0.29, 0.717) is 37.1 Å². The first kappa shape index (κ1) is 24.6. The Bertz CT molecular complexity index is 1250. The average molecular weight is 488 g/mol. The van der Waals surface area contributed by atoms with E-state index in [-0.39, 0.29) is 29.6 Å². The quantitative estimate of drug-likeness (QED) is 0.581. The van der Waals surface area contributed by atoms with Crippen molar-refractivity contribution in [2.75, 3.05) is 19.7 Å². The molecular weight excluding hydrogens is 454 g/mol. The topological polar surface area (TPSA) is 98.6 Å². The number of rotatable bonds is 6. The van der Waals surface area contributed by atoms with Crippen molar-refractivity contribution in [2.24, 2.45) is 13.0 Å². The lowest BCUT2D eigenvalue weighted by atomic mass is 9.89. The summed E-state index contributed by atoms with van der Waals surface area (Å²) in [5, 5.41) is 4.54. The van der Waals surface area contributed by atoms with E-state index in [1.54, 1.807) is 20.0 Å². The summed E-state index contributed by atoms with van der Waals surface area (Å²) in [6, 6.07) is 5.44. The molecule has 184 valence electrons. The third-order valence-corrected chi connectivity index (χ3v) is 8.85. The number of benzene rings is 1. The number of aryl methyl sites for hydroxylation is 2. The van der Waals surface area contributed by atoms with Crippen LogP contribution in [0.4, 0.5) is 0 Å². The van der Waals surface area contributed by atoms with Gasteiger partial charge in [0.1, 0.15) is 0 Å². The van der Waals surface area contributed by atoms with Crippen molar-refractivity contribution < 1.29 is 17.9 Å². The predicted molar refractivity (Wildman–Crippen MR) is 129 cm³/mol. The normalized spacial score (nSPS) is 19.0. The van der Waals surface area contributed by atoms with Crippen LogP contribution in [0.1, 0.15) is 56.2 Å². The summed E-state index contributed by atoms with van der Waals surface area (Å²) in [7, 11) is -2.19. The predicted octanol–water partition coefficient (Wildman–Crippen LogP) is 2.85. The summed E-state index contributed by atoms with van der Waals surface area (Å²) >= 11 is 0. The number of ether oxygens (including phenoxy) is 1. The van der Waals surface area contributed by atoms with Gasteiger partial charge >= 0.3 is 5.97 Å². The lowest BCUT2D eigenvalue weighted by Crippen LogP contribution is -2.43. The molecule has 0 radical (unpaired) electrons. The fourth-order valence-electron chi connectivity index (χ4n) is 5.07. The molecule has 4 rings (SSSR count). The lowest BCUT2D eigenvalue weighted by Gasteiger charge is -2.31. The van der Waals surface area contributed by atoms with Crippen molar-refractivity contribution in [1.82, 2.24) is 14.1 Å². The third kappa shape index (κ3) is 4.55. The number of sulfonamides is 1. The molecule has 1 fully saturated rings. The second kappa shape index (κ2) is 10.00. The highest BCUT2D eigenvalue weighted by atomic mass is 32.2. The molecule has 0 bridgehead atoms. The molecule has 9 heteroatoms. The van der Waals surface area contributed by atoms with E-state index in [1.165, 1.54) is 8.99 Å². The molecule has 0 N–H and O–H groups in total. The zero-order valence-electron chi connectivity index (χ0n) is 20.2. The molecule has 2 aliphatic rings. The molecule has 1 aromatic heterocycles. The van der Waals surface area contributed by atoms with Gasteiger partial charge in [-0.15, -0.1) is 0 Å². The third-order valence-electron chi connectivity index (χ3n) is 6.90. The van der Waals surface area contributed by atoms with E-state index < -0.39 is 15.9 Å². The van der Waals surface area contributed by atoms with Gasteiger partial charge in [-0.2, -0.15) is 9.40 Å². The number of esters is 1. The molecule has 1 aromatic carbocycles. The minimum Gasteiger partial charge on any atom is -0.466 e. The zero-order chi connectivity index (χ0) is 24.5. The van der Waals surface area contributed by atoms with Crippen LogP contribution in [-0.4, -0.2) is 48.2 Å². The first-order valence-electron chi connectivity index (χ1n) is 12.2. The van der Waals surface area contributed by atoms with Crippen molar-refractivity contribution in [3.05, 3.63) is 45.2 Å². The highest BCUT2D eigenvalue weighted by Gasteiger charge is 2.35. The maximum Gasteiger partial charge on any atom is 0.310 e. The van der Waals surface area contributed by atoms with Crippen LogP contribution in [0.3, 0.4) is 0 Å². The second-order valence-corrected chi connectivity index (χ2v) is 11.0. The number of fused-ring (bicyclic) bond motifs is 1. The Hall–Kier alpha value is -2.52. The SMILES string of the molecule is CCOC(=O)[C@H]1CCCN(S(=O)(=O)c2cc(-c3nn(C)c(=O)c4c3CCCC4)ccc2CC)C1. The van der Waals surface area contributed by atoms with E-state index in [0.717, 1.165) is 42.4 Å². The van der Waals surface area contributed by atoms with E-state index in [9.17, 15) is 18.0 Å². The van der Waals surface area contributed by atoms with Crippen LogP contribution < -0.4 is 5.56 Å². The maximum atomic E-state index is 13.8.